The van der Waals surface area contributed by atoms with Crippen molar-refractivity contribution in [3.63, 3.8) is 0 Å². The van der Waals surface area contributed by atoms with Crippen molar-refractivity contribution in [2.75, 3.05) is 19.7 Å². The van der Waals surface area contributed by atoms with Gasteiger partial charge in [0.25, 0.3) is 0 Å². The van der Waals surface area contributed by atoms with Crippen LogP contribution in [0.3, 0.4) is 0 Å². The SMILES string of the molecule is C=CCOC(C)CNC1CC(C)N(C2CC2)C1. The average molecular weight is 238 g/mol. The zero-order chi connectivity index (χ0) is 12.3. The van der Waals surface area contributed by atoms with Crippen molar-refractivity contribution in [2.24, 2.45) is 0 Å². The van der Waals surface area contributed by atoms with Crippen molar-refractivity contribution in [3.05, 3.63) is 12.7 Å². The smallest absolute Gasteiger partial charge is 0.0675 e. The van der Waals surface area contributed by atoms with E-state index in [0.717, 1.165) is 18.6 Å². The van der Waals surface area contributed by atoms with E-state index in [9.17, 15) is 0 Å². The summed E-state index contributed by atoms with van der Waals surface area (Å²) in [5.41, 5.74) is 0. The Bertz CT molecular complexity index is 253. The molecule has 1 saturated carbocycles. The predicted octanol–water partition coefficient (Wildman–Crippen LogP) is 1.79. The fourth-order valence-electron chi connectivity index (χ4n) is 2.74. The van der Waals surface area contributed by atoms with Gasteiger partial charge in [-0.2, -0.15) is 0 Å². The van der Waals surface area contributed by atoms with Gasteiger partial charge in [-0.15, -0.1) is 6.58 Å². The molecule has 17 heavy (non-hydrogen) atoms. The molecule has 2 aliphatic rings. The Balaban J connectivity index is 1.64. The molecule has 98 valence electrons. The summed E-state index contributed by atoms with van der Waals surface area (Å²) in [5, 5.41) is 3.63. The Kier molecular flexibility index (Phi) is 4.60. The van der Waals surface area contributed by atoms with E-state index in [2.05, 4.69) is 30.6 Å². The van der Waals surface area contributed by atoms with Crippen LogP contribution in [0.1, 0.15) is 33.1 Å². The molecule has 3 heteroatoms. The van der Waals surface area contributed by atoms with Crippen molar-refractivity contribution in [1.82, 2.24) is 10.2 Å². The van der Waals surface area contributed by atoms with Crippen LogP contribution in [-0.2, 0) is 4.74 Å². The minimum absolute atomic E-state index is 0.276. The number of likely N-dealkylation sites (tertiary alicyclic amines) is 1. The first-order chi connectivity index (χ1) is 8.20. The molecule has 3 atom stereocenters. The summed E-state index contributed by atoms with van der Waals surface area (Å²) in [6.45, 7) is 11.0. The summed E-state index contributed by atoms with van der Waals surface area (Å²) in [5.74, 6) is 0. The van der Waals surface area contributed by atoms with Crippen LogP contribution < -0.4 is 5.32 Å². The van der Waals surface area contributed by atoms with Gasteiger partial charge in [0, 0.05) is 31.2 Å². The second kappa shape index (κ2) is 5.98. The Morgan fingerprint density at radius 1 is 1.53 bits per heavy atom. The molecule has 1 saturated heterocycles. The Labute approximate surface area is 105 Å². The summed E-state index contributed by atoms with van der Waals surface area (Å²) in [4.78, 5) is 2.67. The third kappa shape index (κ3) is 3.80. The topological polar surface area (TPSA) is 24.5 Å². The average Bonchev–Trinajstić information content (AvgIpc) is 3.08. The number of hydrogen-bond acceptors (Lipinski definition) is 3. The first-order valence-corrected chi connectivity index (χ1v) is 6.92. The first kappa shape index (κ1) is 13.1. The highest BCUT2D eigenvalue weighted by Gasteiger charge is 2.38. The molecule has 1 aliphatic heterocycles. The molecule has 0 aromatic heterocycles. The normalized spacial score (nSPS) is 31.6. The summed E-state index contributed by atoms with van der Waals surface area (Å²) in [7, 11) is 0. The van der Waals surface area contributed by atoms with E-state index < -0.39 is 0 Å². The van der Waals surface area contributed by atoms with Gasteiger partial charge in [0.1, 0.15) is 0 Å². The molecule has 2 fully saturated rings. The highest BCUT2D eigenvalue weighted by molar-refractivity contribution is 4.96. The minimum Gasteiger partial charge on any atom is -0.373 e. The Hall–Kier alpha value is -0.380. The van der Waals surface area contributed by atoms with Crippen molar-refractivity contribution >= 4 is 0 Å². The number of ether oxygens (including phenoxy) is 1. The Morgan fingerprint density at radius 3 is 2.94 bits per heavy atom. The van der Waals surface area contributed by atoms with Crippen molar-refractivity contribution in [1.29, 1.82) is 0 Å². The van der Waals surface area contributed by atoms with Gasteiger partial charge in [0.15, 0.2) is 0 Å². The van der Waals surface area contributed by atoms with Crippen molar-refractivity contribution in [2.45, 2.75) is 57.3 Å². The van der Waals surface area contributed by atoms with Gasteiger partial charge >= 0.3 is 0 Å². The third-order valence-electron chi connectivity index (χ3n) is 3.83. The van der Waals surface area contributed by atoms with Gasteiger partial charge in [-0.1, -0.05) is 6.08 Å². The monoisotopic (exact) mass is 238 g/mol. The number of nitrogens with zero attached hydrogens (tertiary/aromatic N) is 1. The summed E-state index contributed by atoms with van der Waals surface area (Å²) in [6, 6.07) is 2.30. The van der Waals surface area contributed by atoms with Gasteiger partial charge in [0.05, 0.1) is 12.7 Å². The van der Waals surface area contributed by atoms with Gasteiger partial charge in [-0.25, -0.2) is 0 Å². The second-order valence-electron chi connectivity index (χ2n) is 5.55. The second-order valence-corrected chi connectivity index (χ2v) is 5.55. The zero-order valence-electron chi connectivity index (χ0n) is 11.2. The fourth-order valence-corrected chi connectivity index (χ4v) is 2.74. The van der Waals surface area contributed by atoms with E-state index in [1.165, 1.54) is 25.8 Å². The van der Waals surface area contributed by atoms with Crippen LogP contribution in [0.5, 0.6) is 0 Å². The van der Waals surface area contributed by atoms with Crippen LogP contribution in [-0.4, -0.2) is 48.8 Å². The maximum Gasteiger partial charge on any atom is 0.0675 e. The quantitative estimate of drug-likeness (QED) is 0.684. The van der Waals surface area contributed by atoms with Gasteiger partial charge in [0.2, 0.25) is 0 Å². The van der Waals surface area contributed by atoms with E-state index in [1.807, 2.05) is 6.08 Å². The van der Waals surface area contributed by atoms with Crippen LogP contribution >= 0.6 is 0 Å². The predicted molar refractivity (Wildman–Crippen MR) is 71.2 cm³/mol. The molecule has 0 amide bonds. The van der Waals surface area contributed by atoms with E-state index in [-0.39, 0.29) is 6.10 Å². The molecular weight excluding hydrogens is 212 g/mol. The van der Waals surface area contributed by atoms with E-state index >= 15 is 0 Å². The molecule has 0 aromatic rings. The van der Waals surface area contributed by atoms with E-state index in [1.54, 1.807) is 0 Å². The van der Waals surface area contributed by atoms with Crippen molar-refractivity contribution in [3.8, 4) is 0 Å². The summed E-state index contributed by atoms with van der Waals surface area (Å²) >= 11 is 0. The zero-order valence-corrected chi connectivity index (χ0v) is 11.2. The van der Waals surface area contributed by atoms with Crippen LogP contribution in [0.4, 0.5) is 0 Å². The molecule has 1 N–H and O–H groups in total. The largest absolute Gasteiger partial charge is 0.373 e. The molecule has 0 bridgehead atoms. The van der Waals surface area contributed by atoms with Gasteiger partial charge in [-0.3, -0.25) is 4.90 Å². The van der Waals surface area contributed by atoms with Crippen LogP contribution in [0.2, 0.25) is 0 Å². The third-order valence-corrected chi connectivity index (χ3v) is 3.83. The lowest BCUT2D eigenvalue weighted by Gasteiger charge is -2.20. The molecule has 0 spiro atoms. The Morgan fingerprint density at radius 2 is 2.29 bits per heavy atom. The molecule has 1 aliphatic carbocycles. The number of rotatable bonds is 7. The molecule has 0 radical (unpaired) electrons. The molecule has 3 unspecified atom stereocenters. The van der Waals surface area contributed by atoms with E-state index in [4.69, 9.17) is 4.74 Å². The molecule has 2 rings (SSSR count). The lowest BCUT2D eigenvalue weighted by molar-refractivity contribution is 0.0857. The molecular formula is C14H26N2O. The first-order valence-electron chi connectivity index (χ1n) is 6.92. The van der Waals surface area contributed by atoms with Crippen molar-refractivity contribution < 1.29 is 4.74 Å². The minimum atomic E-state index is 0.276. The van der Waals surface area contributed by atoms with Crippen LogP contribution in [0, 0.1) is 0 Å². The van der Waals surface area contributed by atoms with Gasteiger partial charge < -0.3 is 10.1 Å². The number of hydrogen-bond donors (Lipinski definition) is 1. The highest BCUT2D eigenvalue weighted by Crippen LogP contribution is 2.33. The van der Waals surface area contributed by atoms with Crippen LogP contribution in [0.25, 0.3) is 0 Å². The number of nitrogens with one attached hydrogen (secondary N) is 1. The summed E-state index contributed by atoms with van der Waals surface area (Å²) in [6.07, 6.45) is 6.19. The lowest BCUT2D eigenvalue weighted by atomic mass is 10.2. The van der Waals surface area contributed by atoms with E-state index in [0.29, 0.717) is 12.6 Å². The fraction of sp³-hybridized carbons (Fsp3) is 0.857. The molecule has 3 nitrogen and oxygen atoms in total. The van der Waals surface area contributed by atoms with Crippen LogP contribution in [0.15, 0.2) is 12.7 Å². The maximum absolute atomic E-state index is 5.57. The maximum atomic E-state index is 5.57. The summed E-state index contributed by atoms with van der Waals surface area (Å²) < 4.78 is 5.57. The highest BCUT2D eigenvalue weighted by atomic mass is 16.5. The lowest BCUT2D eigenvalue weighted by Crippen LogP contribution is -2.38. The molecule has 0 aromatic carbocycles. The van der Waals surface area contributed by atoms with Gasteiger partial charge in [-0.05, 0) is 33.1 Å². The molecule has 1 heterocycles. The standard InChI is InChI=1S/C14H26N2O/c1-4-7-17-12(3)9-15-13-8-11(2)16(10-13)14-5-6-14/h4,11-15H,1,5-10H2,2-3H3.